The minimum atomic E-state index is -0.223. The molecule has 5 heteroatoms. The van der Waals surface area contributed by atoms with Crippen molar-refractivity contribution < 1.29 is 9.47 Å². The van der Waals surface area contributed by atoms with Crippen molar-refractivity contribution in [2.45, 2.75) is 51.7 Å². The average molecular weight is 334 g/mol. The third kappa shape index (κ3) is 6.03. The minimum absolute atomic E-state index is 0.0669. The second-order valence-corrected chi connectivity index (χ2v) is 6.65. The molecule has 1 aromatic carbocycles. The van der Waals surface area contributed by atoms with E-state index >= 15 is 0 Å². The van der Waals surface area contributed by atoms with Gasteiger partial charge in [0, 0.05) is 24.6 Å². The first kappa shape index (κ1) is 18.6. The Hall–Kier alpha value is -0.480. The monoisotopic (exact) mass is 333 g/mol. The van der Waals surface area contributed by atoms with Gasteiger partial charge < -0.3 is 15.2 Å². The number of ether oxygens (including phenoxy) is 2. The molecular weight excluding hydrogens is 309 g/mol. The maximum atomic E-state index is 6.26. The van der Waals surface area contributed by atoms with Gasteiger partial charge >= 0.3 is 0 Å². The minimum Gasteiger partial charge on any atom is -0.492 e. The van der Waals surface area contributed by atoms with E-state index < -0.39 is 0 Å². The predicted molar refractivity (Wildman–Crippen MR) is 89.6 cm³/mol. The number of hydrogen-bond acceptors (Lipinski definition) is 3. The summed E-state index contributed by atoms with van der Waals surface area (Å²) in [5.41, 5.74) is 6.76. The number of benzene rings is 1. The van der Waals surface area contributed by atoms with Gasteiger partial charge in [0.15, 0.2) is 0 Å². The van der Waals surface area contributed by atoms with E-state index in [2.05, 4.69) is 6.92 Å². The molecule has 2 N–H and O–H groups in total. The van der Waals surface area contributed by atoms with Crippen LogP contribution in [0.2, 0.25) is 10.0 Å². The highest BCUT2D eigenvalue weighted by molar-refractivity contribution is 6.35. The molecule has 21 heavy (non-hydrogen) atoms. The lowest BCUT2D eigenvalue weighted by molar-refractivity contribution is 0.00537. The SMILES string of the molecule is CCC(N)Cc1cc(Cl)cc(Cl)c1OCCC(C)(C)OC. The summed E-state index contributed by atoms with van der Waals surface area (Å²) >= 11 is 12.3. The number of hydrogen-bond donors (Lipinski definition) is 1. The van der Waals surface area contributed by atoms with E-state index in [0.29, 0.717) is 28.8 Å². The first-order valence-electron chi connectivity index (χ1n) is 7.20. The molecule has 0 aliphatic rings. The van der Waals surface area contributed by atoms with Gasteiger partial charge in [0.1, 0.15) is 5.75 Å². The van der Waals surface area contributed by atoms with Crippen molar-refractivity contribution in [1.29, 1.82) is 0 Å². The molecular formula is C16H25Cl2NO2. The number of methoxy groups -OCH3 is 1. The van der Waals surface area contributed by atoms with Gasteiger partial charge in [0.2, 0.25) is 0 Å². The molecule has 0 bridgehead atoms. The zero-order valence-corrected chi connectivity index (χ0v) is 14.7. The molecule has 0 saturated carbocycles. The van der Waals surface area contributed by atoms with E-state index in [1.165, 1.54) is 0 Å². The third-order valence-electron chi connectivity index (χ3n) is 3.59. The summed E-state index contributed by atoms with van der Waals surface area (Å²) < 4.78 is 11.3. The fraction of sp³-hybridized carbons (Fsp3) is 0.625. The van der Waals surface area contributed by atoms with Crippen LogP contribution in [0.1, 0.15) is 39.2 Å². The van der Waals surface area contributed by atoms with Crippen LogP contribution >= 0.6 is 23.2 Å². The quantitative estimate of drug-likeness (QED) is 0.763. The van der Waals surface area contributed by atoms with Crippen LogP contribution in [0.3, 0.4) is 0 Å². The van der Waals surface area contributed by atoms with E-state index in [1.54, 1.807) is 13.2 Å². The molecule has 1 atom stereocenters. The van der Waals surface area contributed by atoms with Gasteiger partial charge in [-0.05, 0) is 44.4 Å². The van der Waals surface area contributed by atoms with Gasteiger partial charge in [-0.2, -0.15) is 0 Å². The Morgan fingerprint density at radius 2 is 1.95 bits per heavy atom. The summed E-state index contributed by atoms with van der Waals surface area (Å²) in [5, 5.41) is 1.12. The van der Waals surface area contributed by atoms with Gasteiger partial charge in [0.05, 0.1) is 17.2 Å². The molecule has 1 rings (SSSR count). The van der Waals surface area contributed by atoms with Gasteiger partial charge in [-0.1, -0.05) is 30.1 Å². The largest absolute Gasteiger partial charge is 0.492 e. The number of nitrogens with two attached hydrogens (primary N) is 1. The number of halogens is 2. The molecule has 0 amide bonds. The molecule has 0 aromatic heterocycles. The highest BCUT2D eigenvalue weighted by Gasteiger charge is 2.18. The molecule has 3 nitrogen and oxygen atoms in total. The zero-order valence-electron chi connectivity index (χ0n) is 13.2. The molecule has 1 aromatic rings. The molecule has 0 radical (unpaired) electrons. The Morgan fingerprint density at radius 1 is 1.29 bits per heavy atom. The molecule has 0 heterocycles. The Kier molecular flexibility index (Phi) is 7.28. The van der Waals surface area contributed by atoms with Crippen molar-refractivity contribution >= 4 is 23.2 Å². The van der Waals surface area contributed by atoms with Crippen LogP contribution in [0.5, 0.6) is 5.75 Å². The van der Waals surface area contributed by atoms with E-state index in [1.807, 2.05) is 19.9 Å². The van der Waals surface area contributed by atoms with E-state index in [9.17, 15) is 0 Å². The second kappa shape index (κ2) is 8.23. The van der Waals surface area contributed by atoms with Crippen LogP contribution in [0, 0.1) is 0 Å². The topological polar surface area (TPSA) is 44.5 Å². The van der Waals surface area contributed by atoms with Crippen LogP contribution in [0.15, 0.2) is 12.1 Å². The lowest BCUT2D eigenvalue weighted by Gasteiger charge is -2.23. The van der Waals surface area contributed by atoms with Crippen LogP contribution in [0.4, 0.5) is 0 Å². The summed E-state index contributed by atoms with van der Waals surface area (Å²) in [5.74, 6) is 0.678. The summed E-state index contributed by atoms with van der Waals surface area (Å²) in [6.45, 7) is 6.62. The third-order valence-corrected chi connectivity index (χ3v) is 4.09. The Balaban J connectivity index is 2.84. The Morgan fingerprint density at radius 3 is 2.52 bits per heavy atom. The first-order valence-corrected chi connectivity index (χ1v) is 7.96. The van der Waals surface area contributed by atoms with E-state index in [0.717, 1.165) is 18.4 Å². The van der Waals surface area contributed by atoms with Crippen molar-refractivity contribution in [2.75, 3.05) is 13.7 Å². The van der Waals surface area contributed by atoms with Crippen molar-refractivity contribution in [3.8, 4) is 5.75 Å². The molecule has 1 unspecified atom stereocenters. The van der Waals surface area contributed by atoms with Crippen LogP contribution < -0.4 is 10.5 Å². The van der Waals surface area contributed by atoms with E-state index in [4.69, 9.17) is 38.4 Å². The highest BCUT2D eigenvalue weighted by atomic mass is 35.5. The van der Waals surface area contributed by atoms with Crippen molar-refractivity contribution in [1.82, 2.24) is 0 Å². The fourth-order valence-electron chi connectivity index (χ4n) is 1.85. The normalized spacial score (nSPS) is 13.3. The molecule has 0 aliphatic heterocycles. The summed E-state index contributed by atoms with van der Waals surface area (Å²) in [6, 6.07) is 3.64. The van der Waals surface area contributed by atoms with Crippen LogP contribution in [-0.2, 0) is 11.2 Å². The first-order chi connectivity index (χ1) is 9.79. The number of rotatable bonds is 8. The fourth-order valence-corrected chi connectivity index (χ4v) is 2.44. The molecule has 120 valence electrons. The van der Waals surface area contributed by atoms with Crippen LogP contribution in [-0.4, -0.2) is 25.4 Å². The molecule has 0 aliphatic carbocycles. The van der Waals surface area contributed by atoms with Crippen LogP contribution in [0.25, 0.3) is 0 Å². The lowest BCUT2D eigenvalue weighted by atomic mass is 10.0. The summed E-state index contributed by atoms with van der Waals surface area (Å²) in [4.78, 5) is 0. The Bertz CT molecular complexity index is 464. The molecule has 0 fully saturated rings. The van der Waals surface area contributed by atoms with Gasteiger partial charge in [0.25, 0.3) is 0 Å². The maximum Gasteiger partial charge on any atom is 0.141 e. The van der Waals surface area contributed by atoms with Gasteiger partial charge in [-0.3, -0.25) is 0 Å². The lowest BCUT2D eigenvalue weighted by Crippen LogP contribution is -2.25. The standard InChI is InChI=1S/C16H25Cl2NO2/c1-5-13(19)9-11-8-12(17)10-14(18)15(11)21-7-6-16(2,3)20-4/h8,10,13H,5-7,9,19H2,1-4H3. The van der Waals surface area contributed by atoms with Crippen molar-refractivity contribution in [3.05, 3.63) is 27.7 Å². The second-order valence-electron chi connectivity index (χ2n) is 5.81. The van der Waals surface area contributed by atoms with E-state index in [-0.39, 0.29) is 11.6 Å². The highest BCUT2D eigenvalue weighted by Crippen LogP contribution is 2.33. The zero-order chi connectivity index (χ0) is 16.0. The average Bonchev–Trinajstić information content (AvgIpc) is 2.41. The Labute approximate surface area is 137 Å². The van der Waals surface area contributed by atoms with Gasteiger partial charge in [-0.25, -0.2) is 0 Å². The predicted octanol–water partition coefficient (Wildman–Crippen LogP) is 4.47. The molecule has 0 saturated heterocycles. The van der Waals surface area contributed by atoms with Crippen molar-refractivity contribution in [3.63, 3.8) is 0 Å². The summed E-state index contributed by atoms with van der Waals surface area (Å²) in [7, 11) is 1.70. The molecule has 0 spiro atoms. The van der Waals surface area contributed by atoms with Crippen molar-refractivity contribution in [2.24, 2.45) is 5.73 Å². The maximum absolute atomic E-state index is 6.26. The van der Waals surface area contributed by atoms with Gasteiger partial charge in [-0.15, -0.1) is 0 Å². The summed E-state index contributed by atoms with van der Waals surface area (Å²) in [6.07, 6.45) is 2.35. The smallest absolute Gasteiger partial charge is 0.141 e.